The lowest BCUT2D eigenvalue weighted by atomic mass is 9.88. The second kappa shape index (κ2) is 5.29. The van der Waals surface area contributed by atoms with Crippen LogP contribution in [0.3, 0.4) is 0 Å². The fourth-order valence-corrected chi connectivity index (χ4v) is 2.42. The summed E-state index contributed by atoms with van der Waals surface area (Å²) in [6.07, 6.45) is 5.23. The van der Waals surface area contributed by atoms with E-state index in [-0.39, 0.29) is 0 Å². The Labute approximate surface area is 98.6 Å². The molecule has 1 aromatic carbocycles. The van der Waals surface area contributed by atoms with Crippen LogP contribution >= 0.6 is 0 Å². The Balaban J connectivity index is 2.10. The molecule has 0 saturated heterocycles. The molecule has 1 unspecified atom stereocenters. The van der Waals surface area contributed by atoms with Crippen LogP contribution in [0, 0.1) is 5.92 Å². The van der Waals surface area contributed by atoms with Crippen LogP contribution in [0.5, 0.6) is 0 Å². The van der Waals surface area contributed by atoms with Gasteiger partial charge in [0.15, 0.2) is 0 Å². The highest BCUT2D eigenvalue weighted by Gasteiger charge is 2.16. The van der Waals surface area contributed by atoms with E-state index in [0.29, 0.717) is 12.0 Å². The average molecular weight is 215 g/mol. The van der Waals surface area contributed by atoms with Crippen LogP contribution < -0.4 is 0 Å². The predicted molar refractivity (Wildman–Crippen MR) is 69.9 cm³/mol. The van der Waals surface area contributed by atoms with Gasteiger partial charge in [-0.05, 0) is 37.7 Å². The second-order valence-corrected chi connectivity index (χ2v) is 4.85. The number of benzene rings is 1. The summed E-state index contributed by atoms with van der Waals surface area (Å²) in [7, 11) is 0. The van der Waals surface area contributed by atoms with Crippen LogP contribution in [-0.2, 0) is 0 Å². The van der Waals surface area contributed by atoms with E-state index in [0.717, 1.165) is 0 Å². The summed E-state index contributed by atoms with van der Waals surface area (Å²) < 4.78 is 0. The third kappa shape index (κ3) is 2.72. The van der Waals surface area contributed by atoms with Crippen molar-refractivity contribution in [1.82, 2.24) is 0 Å². The minimum atomic E-state index is 0.316. The topological polar surface area (TPSA) is 12.4 Å². The van der Waals surface area contributed by atoms with Crippen LogP contribution in [0.1, 0.15) is 51.1 Å². The Kier molecular flexibility index (Phi) is 3.76. The normalized spacial score (nSPS) is 25.6. The average Bonchev–Trinajstić information content (AvgIpc) is 2.33. The molecule has 1 aliphatic rings. The molecule has 0 N–H and O–H groups in total. The van der Waals surface area contributed by atoms with E-state index in [9.17, 15) is 0 Å². The minimum absolute atomic E-state index is 0.316. The first-order valence-electron chi connectivity index (χ1n) is 6.39. The summed E-state index contributed by atoms with van der Waals surface area (Å²) in [6, 6.07) is 10.9. The van der Waals surface area contributed by atoms with Crippen molar-refractivity contribution in [2.24, 2.45) is 10.9 Å². The highest BCUT2D eigenvalue weighted by Crippen LogP contribution is 2.25. The monoisotopic (exact) mass is 215 g/mol. The van der Waals surface area contributed by atoms with Gasteiger partial charge in [-0.15, -0.1) is 0 Å². The molecule has 0 spiro atoms. The maximum absolute atomic E-state index is 4.90. The smallest absolute Gasteiger partial charge is 0.0720 e. The standard InChI is InChI=1S/C15H21N/c1-12-8-6-7-11-15(12)16-13(2)14-9-4-3-5-10-14/h3-5,9-10,12-13H,6-8,11H2,1-2H3/t12?,13-/m1/s1. The van der Waals surface area contributed by atoms with Crippen LogP contribution in [-0.4, -0.2) is 5.71 Å². The number of hydrogen-bond donors (Lipinski definition) is 0. The van der Waals surface area contributed by atoms with Gasteiger partial charge in [0.1, 0.15) is 0 Å². The summed E-state index contributed by atoms with van der Waals surface area (Å²) in [5.74, 6) is 0.694. The maximum Gasteiger partial charge on any atom is 0.0720 e. The van der Waals surface area contributed by atoms with Gasteiger partial charge in [-0.2, -0.15) is 0 Å². The Morgan fingerprint density at radius 3 is 2.62 bits per heavy atom. The summed E-state index contributed by atoms with van der Waals surface area (Å²) >= 11 is 0. The first kappa shape index (κ1) is 11.4. The Hall–Kier alpha value is -1.11. The lowest BCUT2D eigenvalue weighted by Crippen LogP contribution is -2.17. The first-order valence-corrected chi connectivity index (χ1v) is 6.39. The van der Waals surface area contributed by atoms with Crippen molar-refractivity contribution in [3.63, 3.8) is 0 Å². The molecule has 2 rings (SSSR count). The van der Waals surface area contributed by atoms with E-state index in [2.05, 4.69) is 44.2 Å². The second-order valence-electron chi connectivity index (χ2n) is 4.85. The third-order valence-corrected chi connectivity index (χ3v) is 3.53. The van der Waals surface area contributed by atoms with E-state index < -0.39 is 0 Å². The molecule has 0 heterocycles. The van der Waals surface area contributed by atoms with Gasteiger partial charge in [-0.25, -0.2) is 0 Å². The predicted octanol–water partition coefficient (Wildman–Crippen LogP) is 4.40. The minimum Gasteiger partial charge on any atom is -0.286 e. The molecule has 0 aromatic heterocycles. The summed E-state index contributed by atoms with van der Waals surface area (Å²) in [4.78, 5) is 4.90. The molecule has 1 heteroatoms. The van der Waals surface area contributed by atoms with Crippen LogP contribution in [0.15, 0.2) is 35.3 Å². The van der Waals surface area contributed by atoms with E-state index in [1.165, 1.54) is 37.0 Å². The largest absolute Gasteiger partial charge is 0.286 e. The quantitative estimate of drug-likeness (QED) is 0.693. The lowest BCUT2D eigenvalue weighted by molar-refractivity contribution is 0.552. The van der Waals surface area contributed by atoms with Crippen molar-refractivity contribution >= 4 is 5.71 Å². The Bertz CT molecular complexity index is 353. The molecule has 86 valence electrons. The molecule has 0 radical (unpaired) electrons. The van der Waals surface area contributed by atoms with Crippen molar-refractivity contribution in [2.45, 2.75) is 45.6 Å². The number of nitrogens with zero attached hydrogens (tertiary/aromatic N) is 1. The zero-order valence-electron chi connectivity index (χ0n) is 10.3. The summed E-state index contributed by atoms with van der Waals surface area (Å²) in [5.41, 5.74) is 2.76. The maximum atomic E-state index is 4.90. The molecule has 2 atom stereocenters. The Morgan fingerprint density at radius 2 is 1.94 bits per heavy atom. The Morgan fingerprint density at radius 1 is 1.19 bits per heavy atom. The van der Waals surface area contributed by atoms with E-state index in [1.807, 2.05) is 0 Å². The van der Waals surface area contributed by atoms with E-state index in [4.69, 9.17) is 4.99 Å². The fraction of sp³-hybridized carbons (Fsp3) is 0.533. The van der Waals surface area contributed by atoms with Crippen LogP contribution in [0.25, 0.3) is 0 Å². The van der Waals surface area contributed by atoms with Crippen molar-refractivity contribution < 1.29 is 0 Å². The molecule has 0 amide bonds. The zero-order valence-corrected chi connectivity index (χ0v) is 10.3. The van der Waals surface area contributed by atoms with E-state index in [1.54, 1.807) is 0 Å². The van der Waals surface area contributed by atoms with Crippen molar-refractivity contribution in [2.75, 3.05) is 0 Å². The van der Waals surface area contributed by atoms with Crippen molar-refractivity contribution in [1.29, 1.82) is 0 Å². The molecule has 1 aliphatic carbocycles. The zero-order chi connectivity index (χ0) is 11.4. The van der Waals surface area contributed by atoms with E-state index >= 15 is 0 Å². The molecule has 1 fully saturated rings. The molecule has 0 bridgehead atoms. The van der Waals surface area contributed by atoms with Gasteiger partial charge in [0, 0.05) is 5.71 Å². The molecule has 1 nitrogen and oxygen atoms in total. The number of hydrogen-bond acceptors (Lipinski definition) is 1. The molecule has 1 aromatic rings. The van der Waals surface area contributed by atoms with Crippen molar-refractivity contribution in [3.05, 3.63) is 35.9 Å². The summed E-state index contributed by atoms with van der Waals surface area (Å²) in [6.45, 7) is 4.51. The SMILES string of the molecule is CC1CCCCC1=N[C@H](C)c1ccccc1. The van der Waals surface area contributed by atoms with Crippen LogP contribution in [0.2, 0.25) is 0 Å². The highest BCUT2D eigenvalue weighted by atomic mass is 14.8. The molecular weight excluding hydrogens is 194 g/mol. The molecule has 0 aliphatic heterocycles. The van der Waals surface area contributed by atoms with Gasteiger partial charge in [-0.1, -0.05) is 43.7 Å². The first-order chi connectivity index (χ1) is 7.77. The summed E-state index contributed by atoms with van der Waals surface area (Å²) in [5, 5.41) is 0. The lowest BCUT2D eigenvalue weighted by Gasteiger charge is -2.22. The van der Waals surface area contributed by atoms with Gasteiger partial charge in [0.2, 0.25) is 0 Å². The van der Waals surface area contributed by atoms with Gasteiger partial charge in [-0.3, -0.25) is 4.99 Å². The van der Waals surface area contributed by atoms with Crippen molar-refractivity contribution in [3.8, 4) is 0 Å². The molecular formula is C15H21N. The molecule has 1 saturated carbocycles. The van der Waals surface area contributed by atoms with Gasteiger partial charge >= 0.3 is 0 Å². The molecule has 16 heavy (non-hydrogen) atoms. The fourth-order valence-electron chi connectivity index (χ4n) is 2.42. The van der Waals surface area contributed by atoms with Gasteiger partial charge in [0.05, 0.1) is 6.04 Å². The number of aliphatic imine (C=N–C) groups is 1. The highest BCUT2D eigenvalue weighted by molar-refractivity contribution is 5.87. The van der Waals surface area contributed by atoms with Gasteiger partial charge < -0.3 is 0 Å². The third-order valence-electron chi connectivity index (χ3n) is 3.53. The van der Waals surface area contributed by atoms with Crippen LogP contribution in [0.4, 0.5) is 0 Å². The van der Waals surface area contributed by atoms with Gasteiger partial charge in [0.25, 0.3) is 0 Å². The number of rotatable bonds is 2.